The molecule has 1 atom stereocenters. The Kier molecular flexibility index (Phi) is 8.64. The Morgan fingerprint density at radius 2 is 1.62 bits per heavy atom. The number of benzene rings is 2. The van der Waals surface area contributed by atoms with Crippen molar-refractivity contribution in [2.24, 2.45) is 0 Å². The summed E-state index contributed by atoms with van der Waals surface area (Å²) in [4.78, 5) is 12.2. The zero-order valence-electron chi connectivity index (χ0n) is 15.7. The van der Waals surface area contributed by atoms with Gasteiger partial charge in [0.05, 0.1) is 7.11 Å². The van der Waals surface area contributed by atoms with Crippen LogP contribution < -0.4 is 25.4 Å². The molecule has 0 bridgehead atoms. The van der Waals surface area contributed by atoms with Crippen LogP contribution in [0.15, 0.2) is 48.5 Å². The maximum Gasteiger partial charge on any atom is 0.259 e. The monoisotopic (exact) mass is 475 g/mol. The minimum atomic E-state index is -1.85. The predicted molar refractivity (Wildman–Crippen MR) is 121 cm³/mol. The summed E-state index contributed by atoms with van der Waals surface area (Å²) in [6, 6.07) is 14.4. The summed E-state index contributed by atoms with van der Waals surface area (Å²) >= 11 is 23.2. The number of carbonyl (C=O) groups is 1. The van der Waals surface area contributed by atoms with E-state index in [1.807, 2.05) is 31.2 Å². The van der Waals surface area contributed by atoms with Gasteiger partial charge in [0.15, 0.2) is 11.7 Å². The normalized spacial score (nSPS) is 11.9. The van der Waals surface area contributed by atoms with E-state index in [0.29, 0.717) is 11.5 Å². The molecule has 6 nitrogen and oxygen atoms in total. The second-order valence-corrected chi connectivity index (χ2v) is 8.75. The van der Waals surface area contributed by atoms with Gasteiger partial charge in [0.25, 0.3) is 5.91 Å². The van der Waals surface area contributed by atoms with Crippen molar-refractivity contribution in [3.63, 3.8) is 0 Å². The van der Waals surface area contributed by atoms with Gasteiger partial charge in [-0.25, -0.2) is 0 Å². The van der Waals surface area contributed by atoms with Crippen molar-refractivity contribution < 1.29 is 14.3 Å². The number of nitrogens with one attached hydrogen (secondary N) is 3. The molecule has 0 aliphatic carbocycles. The van der Waals surface area contributed by atoms with Gasteiger partial charge in [0.1, 0.15) is 17.7 Å². The van der Waals surface area contributed by atoms with Crippen molar-refractivity contribution in [2.45, 2.75) is 16.9 Å². The van der Waals surface area contributed by atoms with E-state index in [1.165, 1.54) is 0 Å². The molecular formula is C19H20Cl3N3O3S. The van der Waals surface area contributed by atoms with E-state index in [0.717, 1.165) is 11.3 Å². The number of carbonyl (C=O) groups excluding carboxylic acids is 1. The fraction of sp³-hybridized carbons (Fsp3) is 0.263. The maximum absolute atomic E-state index is 12.2. The van der Waals surface area contributed by atoms with E-state index in [2.05, 4.69) is 16.0 Å². The van der Waals surface area contributed by atoms with Crippen molar-refractivity contribution in [3.8, 4) is 11.5 Å². The van der Waals surface area contributed by atoms with E-state index in [9.17, 15) is 4.79 Å². The molecular weight excluding hydrogens is 457 g/mol. The van der Waals surface area contributed by atoms with Gasteiger partial charge in [-0.15, -0.1) is 0 Å². The summed E-state index contributed by atoms with van der Waals surface area (Å²) in [6.07, 6.45) is -1.08. The third-order valence-corrected chi connectivity index (χ3v) is 4.52. The predicted octanol–water partition coefficient (Wildman–Crippen LogP) is 4.18. The van der Waals surface area contributed by atoms with Crippen LogP contribution in [-0.4, -0.2) is 34.7 Å². The Bertz CT molecular complexity index is 827. The molecule has 0 unspecified atom stereocenters. The minimum absolute atomic E-state index is 0.182. The summed E-state index contributed by atoms with van der Waals surface area (Å²) in [7, 11) is 1.56. The van der Waals surface area contributed by atoms with Crippen LogP contribution in [0.25, 0.3) is 0 Å². The molecule has 2 aromatic carbocycles. The molecule has 2 rings (SSSR count). The first-order valence-corrected chi connectivity index (χ1v) is 9.98. The van der Waals surface area contributed by atoms with Crippen LogP contribution >= 0.6 is 47.0 Å². The number of ether oxygens (including phenoxy) is 2. The van der Waals surface area contributed by atoms with Gasteiger partial charge in [-0.2, -0.15) is 0 Å². The van der Waals surface area contributed by atoms with Gasteiger partial charge in [0.2, 0.25) is 3.79 Å². The number of halogens is 3. The zero-order chi connectivity index (χ0) is 21.4. The van der Waals surface area contributed by atoms with E-state index in [4.69, 9.17) is 56.5 Å². The third kappa shape index (κ3) is 8.14. The first-order chi connectivity index (χ1) is 13.7. The van der Waals surface area contributed by atoms with Gasteiger partial charge in [-0.3, -0.25) is 4.79 Å². The van der Waals surface area contributed by atoms with E-state index in [1.54, 1.807) is 31.4 Å². The van der Waals surface area contributed by atoms with Crippen molar-refractivity contribution in [3.05, 3.63) is 54.1 Å². The molecule has 0 aliphatic rings. The standard InChI is InChI=1S/C19H20Cl3N3O3S/c1-12-3-5-13(6-4-12)23-18(29)25-17(19(20,21)22)24-16(26)11-28-15-9-7-14(27-2)8-10-15/h3-10,17H,11H2,1-2H3,(H,24,26)(H2,23,25,29)/t17-/m0/s1. The largest absolute Gasteiger partial charge is 0.497 e. The second kappa shape index (κ2) is 10.7. The Labute approximate surface area is 189 Å². The summed E-state index contributed by atoms with van der Waals surface area (Å²) in [5.74, 6) is 0.676. The molecule has 0 aromatic heterocycles. The highest BCUT2D eigenvalue weighted by molar-refractivity contribution is 7.80. The lowest BCUT2D eigenvalue weighted by Gasteiger charge is -2.27. The number of aryl methyl sites for hydroxylation is 1. The summed E-state index contributed by atoms with van der Waals surface area (Å²) in [5, 5.41) is 8.48. The zero-order valence-corrected chi connectivity index (χ0v) is 18.8. The lowest BCUT2D eigenvalue weighted by atomic mass is 10.2. The molecule has 0 saturated carbocycles. The van der Waals surface area contributed by atoms with Crippen LogP contribution in [0.3, 0.4) is 0 Å². The second-order valence-electron chi connectivity index (χ2n) is 5.97. The first kappa shape index (κ1) is 23.3. The molecule has 0 aliphatic heterocycles. The topological polar surface area (TPSA) is 71.6 Å². The average Bonchev–Trinajstić information content (AvgIpc) is 2.67. The minimum Gasteiger partial charge on any atom is -0.497 e. The van der Waals surface area contributed by atoms with Crippen LogP contribution in [0, 0.1) is 6.92 Å². The molecule has 0 saturated heterocycles. The smallest absolute Gasteiger partial charge is 0.259 e. The van der Waals surface area contributed by atoms with Crippen LogP contribution in [0.1, 0.15) is 5.56 Å². The average molecular weight is 477 g/mol. The van der Waals surface area contributed by atoms with Crippen molar-refractivity contribution in [1.29, 1.82) is 0 Å². The molecule has 10 heteroatoms. The number of anilines is 1. The van der Waals surface area contributed by atoms with E-state index >= 15 is 0 Å². The maximum atomic E-state index is 12.2. The van der Waals surface area contributed by atoms with Gasteiger partial charge in [-0.05, 0) is 55.5 Å². The van der Waals surface area contributed by atoms with Crippen LogP contribution in [0.2, 0.25) is 0 Å². The molecule has 1 amide bonds. The fourth-order valence-corrected chi connectivity index (χ4v) is 2.72. The highest BCUT2D eigenvalue weighted by Gasteiger charge is 2.34. The van der Waals surface area contributed by atoms with Crippen LogP contribution in [0.5, 0.6) is 11.5 Å². The van der Waals surface area contributed by atoms with Gasteiger partial charge in [0, 0.05) is 5.69 Å². The van der Waals surface area contributed by atoms with Crippen molar-refractivity contribution in [2.75, 3.05) is 19.0 Å². The number of hydrogen-bond acceptors (Lipinski definition) is 4. The third-order valence-electron chi connectivity index (χ3n) is 3.65. The SMILES string of the molecule is COc1ccc(OCC(=O)N[C@@H](NC(=S)Nc2ccc(C)cc2)C(Cl)(Cl)Cl)cc1. The lowest BCUT2D eigenvalue weighted by Crippen LogP contribution is -2.56. The number of methoxy groups -OCH3 is 1. The highest BCUT2D eigenvalue weighted by atomic mass is 35.6. The molecule has 2 aromatic rings. The number of alkyl halides is 3. The van der Waals surface area contributed by atoms with Gasteiger partial charge < -0.3 is 25.4 Å². The number of thiocarbonyl (C=S) groups is 1. The summed E-state index contributed by atoms with van der Waals surface area (Å²) in [5.41, 5.74) is 1.86. The number of amides is 1. The van der Waals surface area contributed by atoms with Gasteiger partial charge >= 0.3 is 0 Å². The lowest BCUT2D eigenvalue weighted by molar-refractivity contribution is -0.123. The highest BCUT2D eigenvalue weighted by Crippen LogP contribution is 2.29. The molecule has 0 spiro atoms. The molecule has 0 heterocycles. The van der Waals surface area contributed by atoms with Crippen LogP contribution in [-0.2, 0) is 4.79 Å². The molecule has 29 heavy (non-hydrogen) atoms. The molecule has 0 radical (unpaired) electrons. The summed E-state index contributed by atoms with van der Waals surface area (Å²) < 4.78 is 8.63. The number of rotatable bonds is 7. The van der Waals surface area contributed by atoms with Crippen LogP contribution in [0.4, 0.5) is 5.69 Å². The Balaban J connectivity index is 1.90. The summed E-state index contributed by atoms with van der Waals surface area (Å²) in [6.45, 7) is 1.70. The van der Waals surface area contributed by atoms with Gasteiger partial charge in [-0.1, -0.05) is 52.5 Å². The van der Waals surface area contributed by atoms with Crippen molar-refractivity contribution in [1.82, 2.24) is 10.6 Å². The Morgan fingerprint density at radius 3 is 2.17 bits per heavy atom. The Morgan fingerprint density at radius 1 is 1.03 bits per heavy atom. The van der Waals surface area contributed by atoms with E-state index < -0.39 is 15.9 Å². The molecule has 156 valence electrons. The van der Waals surface area contributed by atoms with Crippen molar-refractivity contribution >= 4 is 63.7 Å². The fourth-order valence-electron chi connectivity index (χ4n) is 2.16. The molecule has 3 N–H and O–H groups in total. The molecule has 0 fully saturated rings. The first-order valence-electron chi connectivity index (χ1n) is 8.44. The Hall–Kier alpha value is -1.93. The van der Waals surface area contributed by atoms with E-state index in [-0.39, 0.29) is 11.7 Å². The number of hydrogen-bond donors (Lipinski definition) is 3. The quantitative estimate of drug-likeness (QED) is 0.316.